The van der Waals surface area contributed by atoms with Crippen molar-refractivity contribution in [1.82, 2.24) is 15.1 Å². The van der Waals surface area contributed by atoms with Crippen LogP contribution in [0.2, 0.25) is 10.0 Å². The molecule has 0 saturated heterocycles. The summed E-state index contributed by atoms with van der Waals surface area (Å²) in [6.45, 7) is 5.71. The first kappa shape index (κ1) is 24.7. The number of aryl methyl sites for hydroxylation is 1. The quantitative estimate of drug-likeness (QED) is 0.466. The summed E-state index contributed by atoms with van der Waals surface area (Å²) >= 11 is 12.2. The van der Waals surface area contributed by atoms with Gasteiger partial charge in [0, 0.05) is 11.3 Å². The number of ether oxygens (including phenoxy) is 3. The van der Waals surface area contributed by atoms with Gasteiger partial charge in [-0.25, -0.2) is 4.68 Å². The number of nitrogens with zero attached hydrogens (tertiary/aromatic N) is 2. The summed E-state index contributed by atoms with van der Waals surface area (Å²) in [5, 5.41) is 8.55. The van der Waals surface area contributed by atoms with E-state index in [-0.39, 0.29) is 18.4 Å². The van der Waals surface area contributed by atoms with Crippen LogP contribution in [0, 0.1) is 13.8 Å². The molecule has 0 spiro atoms. The fourth-order valence-electron chi connectivity index (χ4n) is 3.69. The summed E-state index contributed by atoms with van der Waals surface area (Å²) < 4.78 is 18.0. The number of rotatable bonds is 8. The number of hydrogen-bond donors (Lipinski definition) is 1. The molecule has 0 aliphatic heterocycles. The highest BCUT2D eigenvalue weighted by atomic mass is 35.5. The maximum Gasteiger partial charge on any atom is 0.225 e. The Balaban J connectivity index is 1.80. The molecule has 3 rings (SSSR count). The van der Waals surface area contributed by atoms with Crippen LogP contribution in [-0.2, 0) is 11.2 Å². The molecule has 0 radical (unpaired) electrons. The third-order valence-electron chi connectivity index (χ3n) is 5.49. The lowest BCUT2D eigenvalue weighted by atomic mass is 10.1. The average Bonchev–Trinajstić information content (AvgIpc) is 3.07. The minimum absolute atomic E-state index is 0.129. The number of hydrogen-bond acceptors (Lipinski definition) is 5. The van der Waals surface area contributed by atoms with E-state index in [4.69, 9.17) is 37.4 Å². The lowest BCUT2D eigenvalue weighted by molar-refractivity contribution is -0.121. The molecule has 1 unspecified atom stereocenters. The minimum Gasteiger partial charge on any atom is -0.493 e. The zero-order chi connectivity index (χ0) is 24.3. The summed E-state index contributed by atoms with van der Waals surface area (Å²) in [5.74, 6) is 1.43. The van der Waals surface area contributed by atoms with E-state index in [0.717, 1.165) is 28.2 Å². The van der Waals surface area contributed by atoms with Gasteiger partial charge in [0.1, 0.15) is 0 Å². The smallest absolute Gasteiger partial charge is 0.225 e. The largest absolute Gasteiger partial charge is 0.493 e. The second kappa shape index (κ2) is 10.4. The van der Waals surface area contributed by atoms with E-state index in [1.54, 1.807) is 38.1 Å². The molecule has 0 bridgehead atoms. The number of carbonyl (C=O) groups excluding carboxylic acids is 1. The molecule has 1 heterocycles. The van der Waals surface area contributed by atoms with Crippen LogP contribution in [0.25, 0.3) is 5.69 Å². The Morgan fingerprint density at radius 1 is 1.03 bits per heavy atom. The third kappa shape index (κ3) is 5.20. The zero-order valence-electron chi connectivity index (χ0n) is 19.5. The Morgan fingerprint density at radius 2 is 1.67 bits per heavy atom. The van der Waals surface area contributed by atoms with Crippen molar-refractivity contribution >= 4 is 29.1 Å². The van der Waals surface area contributed by atoms with Crippen molar-refractivity contribution in [3.05, 3.63) is 62.9 Å². The zero-order valence-corrected chi connectivity index (χ0v) is 21.0. The predicted octanol–water partition coefficient (Wildman–Crippen LogP) is 5.24. The van der Waals surface area contributed by atoms with E-state index in [2.05, 4.69) is 10.4 Å². The van der Waals surface area contributed by atoms with Crippen LogP contribution in [0.3, 0.4) is 0 Å². The average molecular weight is 492 g/mol. The van der Waals surface area contributed by atoms with Crippen LogP contribution >= 0.6 is 23.2 Å². The summed E-state index contributed by atoms with van der Waals surface area (Å²) in [6.07, 6.45) is 0.188. The van der Waals surface area contributed by atoms with Crippen molar-refractivity contribution in [1.29, 1.82) is 0 Å². The van der Waals surface area contributed by atoms with Crippen LogP contribution in [0.15, 0.2) is 30.3 Å². The summed E-state index contributed by atoms with van der Waals surface area (Å²) in [6, 6.07) is 8.68. The van der Waals surface area contributed by atoms with Crippen LogP contribution < -0.4 is 19.5 Å². The fraction of sp³-hybridized carbons (Fsp3) is 0.333. The summed E-state index contributed by atoms with van der Waals surface area (Å²) in [4.78, 5) is 12.9. The Labute approximate surface area is 203 Å². The second-order valence-corrected chi connectivity index (χ2v) is 8.40. The first-order chi connectivity index (χ1) is 15.7. The highest BCUT2D eigenvalue weighted by molar-refractivity contribution is 6.42. The molecule has 1 amide bonds. The van der Waals surface area contributed by atoms with Crippen LogP contribution in [-0.4, -0.2) is 37.0 Å². The van der Waals surface area contributed by atoms with Gasteiger partial charge in [-0.3, -0.25) is 4.79 Å². The monoisotopic (exact) mass is 491 g/mol. The molecule has 1 atom stereocenters. The first-order valence-corrected chi connectivity index (χ1v) is 11.1. The van der Waals surface area contributed by atoms with E-state index in [9.17, 15) is 4.79 Å². The van der Waals surface area contributed by atoms with E-state index in [0.29, 0.717) is 27.3 Å². The number of benzene rings is 2. The van der Waals surface area contributed by atoms with Crippen LogP contribution in [0.5, 0.6) is 17.2 Å². The van der Waals surface area contributed by atoms with Gasteiger partial charge in [-0.1, -0.05) is 23.2 Å². The molecule has 1 aromatic heterocycles. The van der Waals surface area contributed by atoms with Gasteiger partial charge in [0.2, 0.25) is 11.7 Å². The Morgan fingerprint density at radius 3 is 2.21 bits per heavy atom. The van der Waals surface area contributed by atoms with Crippen LogP contribution in [0.1, 0.15) is 35.5 Å². The lowest BCUT2D eigenvalue weighted by Crippen LogP contribution is -2.28. The van der Waals surface area contributed by atoms with Crippen molar-refractivity contribution in [3.63, 3.8) is 0 Å². The molecule has 9 heteroatoms. The topological polar surface area (TPSA) is 74.6 Å². The van der Waals surface area contributed by atoms with Gasteiger partial charge in [0.15, 0.2) is 11.5 Å². The maximum atomic E-state index is 12.9. The van der Waals surface area contributed by atoms with Crippen molar-refractivity contribution in [2.75, 3.05) is 21.3 Å². The molecule has 0 aliphatic carbocycles. The van der Waals surface area contributed by atoms with Gasteiger partial charge >= 0.3 is 0 Å². The number of halogens is 2. The third-order valence-corrected chi connectivity index (χ3v) is 6.23. The number of carbonyl (C=O) groups is 1. The Bertz CT molecular complexity index is 1150. The molecule has 7 nitrogen and oxygen atoms in total. The molecule has 2 aromatic carbocycles. The van der Waals surface area contributed by atoms with Crippen molar-refractivity contribution < 1.29 is 19.0 Å². The molecule has 3 aromatic rings. The van der Waals surface area contributed by atoms with Crippen molar-refractivity contribution in [3.8, 4) is 22.9 Å². The highest BCUT2D eigenvalue weighted by Gasteiger charge is 2.20. The van der Waals surface area contributed by atoms with Crippen molar-refractivity contribution in [2.24, 2.45) is 0 Å². The van der Waals surface area contributed by atoms with Gasteiger partial charge < -0.3 is 19.5 Å². The Kier molecular flexibility index (Phi) is 7.76. The van der Waals surface area contributed by atoms with E-state index in [1.807, 2.05) is 39.0 Å². The summed E-state index contributed by atoms with van der Waals surface area (Å²) in [5.41, 5.74) is 4.10. The SMILES string of the molecule is COc1cc(C(C)NC(=O)Cc2c(C)nn(-c3ccc(Cl)c(Cl)c3)c2C)cc(OC)c1OC. The lowest BCUT2D eigenvalue weighted by Gasteiger charge is -2.19. The highest BCUT2D eigenvalue weighted by Crippen LogP contribution is 2.39. The number of nitrogens with one attached hydrogen (secondary N) is 1. The first-order valence-electron chi connectivity index (χ1n) is 10.3. The Hall–Kier alpha value is -2.90. The van der Waals surface area contributed by atoms with Gasteiger partial charge in [-0.2, -0.15) is 5.10 Å². The maximum absolute atomic E-state index is 12.9. The summed E-state index contributed by atoms with van der Waals surface area (Å²) in [7, 11) is 4.66. The van der Waals surface area contributed by atoms with E-state index in [1.165, 1.54) is 0 Å². The molecule has 0 saturated carbocycles. The van der Waals surface area contributed by atoms with Gasteiger partial charge in [0.05, 0.1) is 55.2 Å². The molecule has 0 fully saturated rings. The molecular weight excluding hydrogens is 465 g/mol. The minimum atomic E-state index is -0.281. The standard InChI is InChI=1S/C24H27Cl2N3O4/c1-13(16-9-21(31-4)24(33-6)22(10-16)32-5)27-23(30)12-18-14(2)28-29(15(18)3)17-7-8-19(25)20(26)11-17/h7-11,13H,12H2,1-6H3,(H,27,30). The molecule has 176 valence electrons. The van der Waals surface area contributed by atoms with Gasteiger partial charge in [0.25, 0.3) is 0 Å². The predicted molar refractivity (Wildman–Crippen MR) is 129 cm³/mol. The van der Waals surface area contributed by atoms with E-state index >= 15 is 0 Å². The molecule has 1 N–H and O–H groups in total. The molecule has 0 aliphatic rings. The van der Waals surface area contributed by atoms with E-state index < -0.39 is 0 Å². The van der Waals surface area contributed by atoms with Gasteiger partial charge in [-0.05, 0) is 56.7 Å². The van der Waals surface area contributed by atoms with Gasteiger partial charge in [-0.15, -0.1) is 0 Å². The molecular formula is C24H27Cl2N3O4. The number of amides is 1. The normalized spacial score (nSPS) is 11.8. The van der Waals surface area contributed by atoms with Crippen LogP contribution in [0.4, 0.5) is 0 Å². The number of aromatic nitrogens is 2. The fourth-order valence-corrected chi connectivity index (χ4v) is 3.98. The second-order valence-electron chi connectivity index (χ2n) is 7.58. The molecule has 33 heavy (non-hydrogen) atoms. The van der Waals surface area contributed by atoms with Crippen molar-refractivity contribution in [2.45, 2.75) is 33.2 Å². The number of methoxy groups -OCH3 is 3.